The number of ether oxygens (including phenoxy) is 4. The molecule has 0 aromatic carbocycles. The molecule has 0 bridgehead atoms. The minimum absolute atomic E-state index is 0.128. The SMILES string of the molecule is CO[C@@H]1O[C@@]2(CC[C@@H]2CO)C2OC(C)(C)O[C@@H]21. The van der Waals surface area contributed by atoms with Gasteiger partial charge in [-0.05, 0) is 26.7 Å². The molecule has 0 aromatic heterocycles. The molecule has 5 heteroatoms. The summed E-state index contributed by atoms with van der Waals surface area (Å²) in [5.74, 6) is -0.467. The Morgan fingerprint density at radius 3 is 2.59 bits per heavy atom. The first-order chi connectivity index (χ1) is 8.02. The molecule has 2 aliphatic heterocycles. The fourth-order valence-electron chi connectivity index (χ4n) is 3.31. The Balaban J connectivity index is 1.88. The highest BCUT2D eigenvalue weighted by Crippen LogP contribution is 2.55. The number of fused-ring (bicyclic) bond motifs is 2. The lowest BCUT2D eigenvalue weighted by molar-refractivity contribution is -0.282. The highest BCUT2D eigenvalue weighted by molar-refractivity contribution is 5.13. The van der Waals surface area contributed by atoms with Gasteiger partial charge in [0.15, 0.2) is 12.1 Å². The second kappa shape index (κ2) is 3.65. The first-order valence-corrected chi connectivity index (χ1v) is 6.19. The van der Waals surface area contributed by atoms with Crippen LogP contribution in [0.5, 0.6) is 0 Å². The summed E-state index contributed by atoms with van der Waals surface area (Å²) in [7, 11) is 1.61. The van der Waals surface area contributed by atoms with Crippen molar-refractivity contribution in [2.45, 2.75) is 56.6 Å². The van der Waals surface area contributed by atoms with Crippen molar-refractivity contribution in [3.63, 3.8) is 0 Å². The Labute approximate surface area is 101 Å². The summed E-state index contributed by atoms with van der Waals surface area (Å²) in [6, 6.07) is 0. The van der Waals surface area contributed by atoms with Gasteiger partial charge in [-0.25, -0.2) is 0 Å². The van der Waals surface area contributed by atoms with E-state index in [0.717, 1.165) is 12.8 Å². The second-order valence-electron chi connectivity index (χ2n) is 5.62. The van der Waals surface area contributed by atoms with E-state index in [2.05, 4.69) is 0 Å². The van der Waals surface area contributed by atoms with Crippen LogP contribution in [-0.2, 0) is 18.9 Å². The molecule has 0 radical (unpaired) electrons. The number of hydrogen-bond acceptors (Lipinski definition) is 5. The molecule has 3 aliphatic rings. The minimum atomic E-state index is -0.599. The van der Waals surface area contributed by atoms with Gasteiger partial charge in [-0.3, -0.25) is 0 Å². The Morgan fingerprint density at radius 1 is 1.29 bits per heavy atom. The van der Waals surface area contributed by atoms with E-state index >= 15 is 0 Å². The zero-order valence-electron chi connectivity index (χ0n) is 10.5. The molecule has 1 aliphatic carbocycles. The van der Waals surface area contributed by atoms with Gasteiger partial charge in [0, 0.05) is 19.6 Å². The van der Waals surface area contributed by atoms with Crippen LogP contribution in [0.3, 0.4) is 0 Å². The number of hydrogen-bond donors (Lipinski definition) is 1. The lowest BCUT2D eigenvalue weighted by Gasteiger charge is -2.48. The molecule has 5 atom stereocenters. The summed E-state index contributed by atoms with van der Waals surface area (Å²) < 4.78 is 23.1. The third-order valence-electron chi connectivity index (χ3n) is 4.24. The standard InChI is InChI=1S/C12H20O5/c1-11(2)15-8-9(16-11)12(17-10(8)14-3)5-4-7(12)6-13/h7-10,13H,4-6H2,1-3H3/t7-,8+,9?,10-,12-/m1/s1. The van der Waals surface area contributed by atoms with Crippen LogP contribution in [0.25, 0.3) is 0 Å². The van der Waals surface area contributed by atoms with E-state index < -0.39 is 17.7 Å². The highest BCUT2D eigenvalue weighted by atomic mass is 16.8. The van der Waals surface area contributed by atoms with E-state index in [1.165, 1.54) is 0 Å². The van der Waals surface area contributed by atoms with E-state index in [1.54, 1.807) is 7.11 Å². The van der Waals surface area contributed by atoms with Crippen LogP contribution < -0.4 is 0 Å². The molecule has 5 nitrogen and oxygen atoms in total. The molecule has 1 spiro atoms. The maximum absolute atomic E-state index is 9.40. The normalized spacial score (nSPS) is 51.5. The van der Waals surface area contributed by atoms with Crippen molar-refractivity contribution in [1.29, 1.82) is 0 Å². The Morgan fingerprint density at radius 2 is 2.06 bits per heavy atom. The first kappa shape index (κ1) is 11.9. The fourth-order valence-corrected chi connectivity index (χ4v) is 3.31. The summed E-state index contributed by atoms with van der Waals surface area (Å²) >= 11 is 0. The molecule has 17 heavy (non-hydrogen) atoms. The van der Waals surface area contributed by atoms with E-state index in [-0.39, 0.29) is 24.7 Å². The van der Waals surface area contributed by atoms with Crippen LogP contribution in [-0.4, -0.2) is 48.7 Å². The van der Waals surface area contributed by atoms with Gasteiger partial charge >= 0.3 is 0 Å². The van der Waals surface area contributed by atoms with Crippen molar-refractivity contribution >= 4 is 0 Å². The Bertz CT molecular complexity index is 316. The number of aliphatic hydroxyl groups excluding tert-OH is 1. The van der Waals surface area contributed by atoms with Gasteiger partial charge in [0.1, 0.15) is 17.8 Å². The topological polar surface area (TPSA) is 57.2 Å². The third kappa shape index (κ3) is 1.50. The summed E-state index contributed by atoms with van der Waals surface area (Å²) in [4.78, 5) is 0. The van der Waals surface area contributed by atoms with Gasteiger partial charge < -0.3 is 24.1 Å². The predicted molar refractivity (Wildman–Crippen MR) is 58.2 cm³/mol. The minimum Gasteiger partial charge on any atom is -0.396 e. The molecule has 1 N–H and O–H groups in total. The molecule has 0 amide bonds. The maximum atomic E-state index is 9.40. The van der Waals surface area contributed by atoms with Crippen LogP contribution in [0, 0.1) is 5.92 Å². The van der Waals surface area contributed by atoms with Crippen LogP contribution in [0.2, 0.25) is 0 Å². The van der Waals surface area contributed by atoms with E-state index in [1.807, 2.05) is 13.8 Å². The van der Waals surface area contributed by atoms with E-state index in [9.17, 15) is 5.11 Å². The smallest absolute Gasteiger partial charge is 0.186 e. The largest absolute Gasteiger partial charge is 0.396 e. The van der Waals surface area contributed by atoms with E-state index in [0.29, 0.717) is 0 Å². The molecule has 3 fully saturated rings. The lowest BCUT2D eigenvalue weighted by Crippen LogP contribution is -2.57. The Hall–Kier alpha value is -0.200. The van der Waals surface area contributed by atoms with Gasteiger partial charge in [-0.15, -0.1) is 0 Å². The van der Waals surface area contributed by atoms with Gasteiger partial charge in [0.2, 0.25) is 0 Å². The molecular formula is C12H20O5. The maximum Gasteiger partial charge on any atom is 0.186 e. The van der Waals surface area contributed by atoms with Crippen molar-refractivity contribution < 1.29 is 24.1 Å². The van der Waals surface area contributed by atoms with E-state index in [4.69, 9.17) is 18.9 Å². The summed E-state index contributed by atoms with van der Waals surface area (Å²) in [5.41, 5.74) is -0.409. The van der Waals surface area contributed by atoms with Gasteiger partial charge in [0.05, 0.1) is 0 Å². The summed E-state index contributed by atoms with van der Waals surface area (Å²) in [6.07, 6.45) is 1.16. The molecule has 2 heterocycles. The quantitative estimate of drug-likeness (QED) is 0.773. The molecule has 1 unspecified atom stereocenters. The molecule has 3 rings (SSSR count). The Kier molecular flexibility index (Phi) is 2.55. The monoisotopic (exact) mass is 244 g/mol. The summed E-state index contributed by atoms with van der Waals surface area (Å²) in [6.45, 7) is 3.93. The van der Waals surface area contributed by atoms with Crippen molar-refractivity contribution in [2.24, 2.45) is 5.92 Å². The molecular weight excluding hydrogens is 224 g/mol. The van der Waals surface area contributed by atoms with Crippen LogP contribution >= 0.6 is 0 Å². The van der Waals surface area contributed by atoms with Crippen molar-refractivity contribution in [2.75, 3.05) is 13.7 Å². The predicted octanol–water partition coefficient (Wildman–Crippen LogP) is 0.650. The zero-order chi connectivity index (χ0) is 12.3. The highest BCUT2D eigenvalue weighted by Gasteiger charge is 2.68. The molecule has 2 saturated heterocycles. The van der Waals surface area contributed by atoms with Gasteiger partial charge in [-0.1, -0.05) is 0 Å². The zero-order valence-corrected chi connectivity index (χ0v) is 10.5. The number of aliphatic hydroxyl groups is 1. The average molecular weight is 244 g/mol. The van der Waals surface area contributed by atoms with Crippen molar-refractivity contribution in [1.82, 2.24) is 0 Å². The van der Waals surface area contributed by atoms with Crippen LogP contribution in [0.4, 0.5) is 0 Å². The molecule has 0 aromatic rings. The molecule has 1 saturated carbocycles. The fraction of sp³-hybridized carbons (Fsp3) is 1.00. The number of rotatable bonds is 2. The number of methoxy groups -OCH3 is 1. The van der Waals surface area contributed by atoms with Crippen LogP contribution in [0.1, 0.15) is 26.7 Å². The van der Waals surface area contributed by atoms with Crippen molar-refractivity contribution in [3.05, 3.63) is 0 Å². The summed E-state index contributed by atoms with van der Waals surface area (Å²) in [5, 5.41) is 9.40. The third-order valence-corrected chi connectivity index (χ3v) is 4.24. The van der Waals surface area contributed by atoms with Gasteiger partial charge in [-0.2, -0.15) is 0 Å². The lowest BCUT2D eigenvalue weighted by atomic mass is 9.66. The van der Waals surface area contributed by atoms with Crippen LogP contribution in [0.15, 0.2) is 0 Å². The average Bonchev–Trinajstić information content (AvgIpc) is 2.69. The first-order valence-electron chi connectivity index (χ1n) is 6.19. The second-order valence-corrected chi connectivity index (χ2v) is 5.62. The van der Waals surface area contributed by atoms with Gasteiger partial charge in [0.25, 0.3) is 0 Å². The van der Waals surface area contributed by atoms with Crippen molar-refractivity contribution in [3.8, 4) is 0 Å². The molecule has 98 valence electrons.